The lowest BCUT2D eigenvalue weighted by molar-refractivity contribution is 0.00704. The molecule has 0 bridgehead atoms. The predicted octanol–water partition coefficient (Wildman–Crippen LogP) is 2.18. The van der Waals surface area contributed by atoms with E-state index in [0.717, 1.165) is 37.5 Å². The van der Waals surface area contributed by atoms with Crippen molar-refractivity contribution in [1.29, 1.82) is 0 Å². The van der Waals surface area contributed by atoms with Crippen LogP contribution in [0.25, 0.3) is 0 Å². The minimum absolute atomic E-state index is 0.787. The normalized spacial score (nSPS) is 39.6. The van der Waals surface area contributed by atoms with E-state index in [1.54, 1.807) is 0 Å². The highest BCUT2D eigenvalue weighted by Gasteiger charge is 2.31. The van der Waals surface area contributed by atoms with Crippen molar-refractivity contribution in [2.45, 2.75) is 38.5 Å². The molecule has 2 heteroatoms. The molecule has 82 valence electrons. The molecule has 0 aromatic heterocycles. The van der Waals surface area contributed by atoms with E-state index < -0.39 is 0 Å². The second-order valence-corrected chi connectivity index (χ2v) is 4.92. The van der Waals surface area contributed by atoms with Crippen LogP contribution in [0.4, 0.5) is 0 Å². The molecule has 2 aliphatic rings. The van der Waals surface area contributed by atoms with Crippen LogP contribution >= 0.6 is 0 Å². The van der Waals surface area contributed by atoms with Crippen LogP contribution in [0, 0.1) is 17.8 Å². The summed E-state index contributed by atoms with van der Waals surface area (Å²) in [5, 5.41) is 0. The van der Waals surface area contributed by atoms with E-state index in [-0.39, 0.29) is 0 Å². The fraction of sp³-hybridized carbons (Fsp3) is 1.00. The van der Waals surface area contributed by atoms with Gasteiger partial charge in [0.2, 0.25) is 0 Å². The van der Waals surface area contributed by atoms with E-state index in [1.807, 2.05) is 0 Å². The Labute approximate surface area is 87.2 Å². The van der Waals surface area contributed by atoms with Crippen molar-refractivity contribution in [3.05, 3.63) is 0 Å². The van der Waals surface area contributed by atoms with Crippen molar-refractivity contribution in [2.24, 2.45) is 23.5 Å². The molecule has 1 aliphatic heterocycles. The van der Waals surface area contributed by atoms with Crippen LogP contribution in [0.15, 0.2) is 0 Å². The third-order valence-electron chi connectivity index (χ3n) is 4.07. The van der Waals surface area contributed by atoms with Gasteiger partial charge in [0, 0.05) is 13.2 Å². The van der Waals surface area contributed by atoms with Gasteiger partial charge < -0.3 is 10.5 Å². The second-order valence-electron chi connectivity index (χ2n) is 4.92. The van der Waals surface area contributed by atoms with E-state index in [0.29, 0.717) is 0 Å². The lowest BCUT2D eigenvalue weighted by Crippen LogP contribution is -2.35. The Bertz CT molecular complexity index is 166. The molecule has 1 saturated heterocycles. The molecule has 3 atom stereocenters. The van der Waals surface area contributed by atoms with Gasteiger partial charge in [-0.05, 0) is 50.0 Å². The van der Waals surface area contributed by atoms with Gasteiger partial charge in [0.25, 0.3) is 0 Å². The van der Waals surface area contributed by atoms with Crippen LogP contribution in [0.5, 0.6) is 0 Å². The SMILES string of the molecule is NCC1CCCCC1C1CCCOC1. The van der Waals surface area contributed by atoms with Crippen molar-refractivity contribution in [2.75, 3.05) is 19.8 Å². The maximum atomic E-state index is 5.86. The highest BCUT2D eigenvalue weighted by Crippen LogP contribution is 2.37. The Balaban J connectivity index is 1.91. The number of hydrogen-bond donors (Lipinski definition) is 1. The lowest BCUT2D eigenvalue weighted by Gasteiger charge is -2.38. The summed E-state index contributed by atoms with van der Waals surface area (Å²) in [5.74, 6) is 2.47. The first-order valence-corrected chi connectivity index (χ1v) is 6.19. The summed E-state index contributed by atoms with van der Waals surface area (Å²) in [6, 6.07) is 0. The molecule has 0 radical (unpaired) electrons. The smallest absolute Gasteiger partial charge is 0.0497 e. The number of hydrogen-bond acceptors (Lipinski definition) is 2. The summed E-state index contributed by atoms with van der Waals surface area (Å²) in [6.45, 7) is 2.87. The van der Waals surface area contributed by atoms with Crippen molar-refractivity contribution in [1.82, 2.24) is 0 Å². The number of nitrogens with two attached hydrogens (primary N) is 1. The molecular weight excluding hydrogens is 174 g/mol. The van der Waals surface area contributed by atoms with Gasteiger partial charge in [0.15, 0.2) is 0 Å². The van der Waals surface area contributed by atoms with Crippen LogP contribution in [0.2, 0.25) is 0 Å². The molecule has 2 nitrogen and oxygen atoms in total. The van der Waals surface area contributed by atoms with Gasteiger partial charge >= 0.3 is 0 Å². The minimum atomic E-state index is 0.787. The molecule has 0 aromatic carbocycles. The topological polar surface area (TPSA) is 35.2 Å². The van der Waals surface area contributed by atoms with Gasteiger partial charge in [0.1, 0.15) is 0 Å². The monoisotopic (exact) mass is 197 g/mol. The summed E-state index contributed by atoms with van der Waals surface area (Å²) in [6.07, 6.45) is 8.21. The Morgan fingerprint density at radius 3 is 2.64 bits per heavy atom. The van der Waals surface area contributed by atoms with Crippen LogP contribution in [0.1, 0.15) is 38.5 Å². The van der Waals surface area contributed by atoms with Gasteiger partial charge in [-0.2, -0.15) is 0 Å². The zero-order valence-electron chi connectivity index (χ0n) is 9.08. The Hall–Kier alpha value is -0.0800. The molecule has 1 saturated carbocycles. The van der Waals surface area contributed by atoms with Gasteiger partial charge in [-0.25, -0.2) is 0 Å². The molecular formula is C12H23NO. The molecule has 0 amide bonds. The summed E-state index contributed by atoms with van der Waals surface area (Å²) in [7, 11) is 0. The zero-order chi connectivity index (χ0) is 9.80. The maximum Gasteiger partial charge on any atom is 0.0497 e. The molecule has 2 rings (SSSR count). The molecule has 2 N–H and O–H groups in total. The zero-order valence-corrected chi connectivity index (χ0v) is 9.08. The molecule has 0 aromatic rings. The van der Waals surface area contributed by atoms with Crippen molar-refractivity contribution in [3.8, 4) is 0 Å². The fourth-order valence-electron chi connectivity index (χ4n) is 3.25. The van der Waals surface area contributed by atoms with Gasteiger partial charge in [0.05, 0.1) is 0 Å². The van der Waals surface area contributed by atoms with Gasteiger partial charge in [-0.3, -0.25) is 0 Å². The van der Waals surface area contributed by atoms with Crippen LogP contribution in [-0.4, -0.2) is 19.8 Å². The average molecular weight is 197 g/mol. The Morgan fingerprint density at radius 2 is 1.93 bits per heavy atom. The number of ether oxygens (including phenoxy) is 1. The lowest BCUT2D eigenvalue weighted by atomic mass is 9.71. The largest absolute Gasteiger partial charge is 0.381 e. The fourth-order valence-corrected chi connectivity index (χ4v) is 3.25. The van der Waals surface area contributed by atoms with Gasteiger partial charge in [-0.1, -0.05) is 12.8 Å². The van der Waals surface area contributed by atoms with E-state index in [4.69, 9.17) is 10.5 Å². The molecule has 1 aliphatic carbocycles. The van der Waals surface area contributed by atoms with Gasteiger partial charge in [-0.15, -0.1) is 0 Å². The van der Waals surface area contributed by atoms with Crippen molar-refractivity contribution in [3.63, 3.8) is 0 Å². The van der Waals surface area contributed by atoms with E-state index in [1.165, 1.54) is 38.5 Å². The molecule has 0 spiro atoms. The highest BCUT2D eigenvalue weighted by molar-refractivity contribution is 4.82. The third-order valence-corrected chi connectivity index (χ3v) is 4.07. The van der Waals surface area contributed by atoms with E-state index >= 15 is 0 Å². The summed E-state index contributed by atoms with van der Waals surface area (Å²) < 4.78 is 5.59. The van der Waals surface area contributed by atoms with Crippen LogP contribution in [-0.2, 0) is 4.74 Å². The van der Waals surface area contributed by atoms with Crippen LogP contribution < -0.4 is 5.73 Å². The van der Waals surface area contributed by atoms with E-state index in [9.17, 15) is 0 Å². The minimum Gasteiger partial charge on any atom is -0.381 e. The third kappa shape index (κ3) is 2.29. The number of rotatable bonds is 2. The predicted molar refractivity (Wildman–Crippen MR) is 58.0 cm³/mol. The average Bonchev–Trinajstić information content (AvgIpc) is 2.30. The molecule has 14 heavy (non-hydrogen) atoms. The summed E-state index contributed by atoms with van der Waals surface area (Å²) >= 11 is 0. The first kappa shape index (κ1) is 10.4. The highest BCUT2D eigenvalue weighted by atomic mass is 16.5. The van der Waals surface area contributed by atoms with Crippen LogP contribution in [0.3, 0.4) is 0 Å². The first-order chi connectivity index (χ1) is 6.92. The maximum absolute atomic E-state index is 5.86. The Morgan fingerprint density at radius 1 is 1.07 bits per heavy atom. The summed E-state index contributed by atoms with van der Waals surface area (Å²) in [5.41, 5.74) is 5.86. The summed E-state index contributed by atoms with van der Waals surface area (Å²) in [4.78, 5) is 0. The molecule has 2 fully saturated rings. The second kappa shape index (κ2) is 5.13. The first-order valence-electron chi connectivity index (χ1n) is 6.19. The quantitative estimate of drug-likeness (QED) is 0.736. The standard InChI is InChI=1S/C12H23NO/c13-8-10-4-1-2-6-12(10)11-5-3-7-14-9-11/h10-12H,1-9,13H2. The van der Waals surface area contributed by atoms with Crippen molar-refractivity contribution < 1.29 is 4.74 Å². The van der Waals surface area contributed by atoms with Crippen molar-refractivity contribution >= 4 is 0 Å². The Kier molecular flexibility index (Phi) is 3.82. The molecule has 3 unspecified atom stereocenters. The molecule has 1 heterocycles. The van der Waals surface area contributed by atoms with E-state index in [2.05, 4.69) is 0 Å².